The molecular weight excluding hydrogens is 384 g/mol. The standard InChI is InChI=1S/C23H23ClN4O/c1-14(2)26-23(29)18-7-5-6-17(10-18)11-21-15(3)27-28(16(21)4)20-9-8-19(13-25)22(24)12-20/h5-10,12,14H,11H2,1-4H3,(H,26,29). The number of carbonyl (C=O) groups is 1. The molecule has 0 bridgehead atoms. The number of hydrogen-bond acceptors (Lipinski definition) is 3. The van der Waals surface area contributed by atoms with Crippen molar-refractivity contribution in [3.63, 3.8) is 0 Å². The molecule has 1 amide bonds. The molecule has 1 aromatic heterocycles. The molecule has 0 saturated carbocycles. The molecule has 1 heterocycles. The highest BCUT2D eigenvalue weighted by Gasteiger charge is 2.15. The third-order valence-electron chi connectivity index (χ3n) is 4.75. The van der Waals surface area contributed by atoms with Crippen LogP contribution < -0.4 is 5.32 Å². The normalized spacial score (nSPS) is 10.8. The van der Waals surface area contributed by atoms with Gasteiger partial charge in [0.15, 0.2) is 0 Å². The van der Waals surface area contributed by atoms with Crippen molar-refractivity contribution in [2.24, 2.45) is 0 Å². The van der Waals surface area contributed by atoms with Gasteiger partial charge in [-0.3, -0.25) is 4.79 Å². The number of amides is 1. The Morgan fingerprint density at radius 3 is 2.66 bits per heavy atom. The van der Waals surface area contributed by atoms with Crippen LogP contribution in [0.4, 0.5) is 0 Å². The Morgan fingerprint density at radius 2 is 2.00 bits per heavy atom. The molecule has 0 fully saturated rings. The van der Waals surface area contributed by atoms with Crippen molar-refractivity contribution < 1.29 is 4.79 Å². The fourth-order valence-corrected chi connectivity index (χ4v) is 3.50. The van der Waals surface area contributed by atoms with E-state index in [2.05, 4.69) is 16.5 Å². The number of hydrogen-bond donors (Lipinski definition) is 1. The highest BCUT2D eigenvalue weighted by atomic mass is 35.5. The summed E-state index contributed by atoms with van der Waals surface area (Å²) in [7, 11) is 0. The number of aryl methyl sites for hydroxylation is 1. The van der Waals surface area contributed by atoms with Crippen molar-refractivity contribution in [3.05, 3.63) is 81.1 Å². The largest absolute Gasteiger partial charge is 0.350 e. The molecule has 2 aromatic carbocycles. The van der Waals surface area contributed by atoms with Crippen LogP contribution in [0, 0.1) is 25.2 Å². The molecule has 0 aliphatic heterocycles. The van der Waals surface area contributed by atoms with E-state index < -0.39 is 0 Å². The predicted molar refractivity (Wildman–Crippen MR) is 115 cm³/mol. The quantitative estimate of drug-likeness (QED) is 0.665. The van der Waals surface area contributed by atoms with Gasteiger partial charge in [-0.1, -0.05) is 23.7 Å². The Morgan fingerprint density at radius 1 is 1.24 bits per heavy atom. The van der Waals surface area contributed by atoms with Crippen LogP contribution in [0.15, 0.2) is 42.5 Å². The van der Waals surface area contributed by atoms with Crippen LogP contribution >= 0.6 is 11.6 Å². The summed E-state index contributed by atoms with van der Waals surface area (Å²) in [5, 5.41) is 17.1. The van der Waals surface area contributed by atoms with Crippen molar-refractivity contribution in [2.75, 3.05) is 0 Å². The average molecular weight is 407 g/mol. The lowest BCUT2D eigenvalue weighted by Crippen LogP contribution is -2.30. The molecule has 5 nitrogen and oxygen atoms in total. The van der Waals surface area contributed by atoms with E-state index in [0.717, 1.165) is 28.2 Å². The molecule has 148 valence electrons. The number of nitrogens with one attached hydrogen (secondary N) is 1. The number of halogens is 1. The molecule has 0 atom stereocenters. The van der Waals surface area contributed by atoms with E-state index in [0.29, 0.717) is 22.6 Å². The molecule has 0 aliphatic carbocycles. The zero-order chi connectivity index (χ0) is 21.1. The van der Waals surface area contributed by atoms with Crippen LogP contribution in [0.1, 0.15) is 52.3 Å². The second kappa shape index (κ2) is 8.50. The lowest BCUT2D eigenvalue weighted by Gasteiger charge is -2.10. The molecular formula is C23H23ClN4O. The van der Waals surface area contributed by atoms with Gasteiger partial charge in [-0.25, -0.2) is 4.68 Å². The van der Waals surface area contributed by atoms with Gasteiger partial charge in [-0.15, -0.1) is 0 Å². The molecule has 1 N–H and O–H groups in total. The van der Waals surface area contributed by atoms with Gasteiger partial charge in [0.2, 0.25) is 0 Å². The maximum Gasteiger partial charge on any atom is 0.251 e. The Balaban J connectivity index is 1.91. The van der Waals surface area contributed by atoms with Gasteiger partial charge in [-0.05, 0) is 63.6 Å². The minimum Gasteiger partial charge on any atom is -0.350 e. The first-order valence-corrected chi connectivity index (χ1v) is 9.83. The van der Waals surface area contributed by atoms with Crippen LogP contribution in [0.2, 0.25) is 5.02 Å². The summed E-state index contributed by atoms with van der Waals surface area (Å²) in [6.07, 6.45) is 0.671. The highest BCUT2D eigenvalue weighted by molar-refractivity contribution is 6.31. The van der Waals surface area contributed by atoms with E-state index in [1.807, 2.05) is 62.7 Å². The molecule has 0 radical (unpaired) electrons. The van der Waals surface area contributed by atoms with E-state index >= 15 is 0 Å². The summed E-state index contributed by atoms with van der Waals surface area (Å²) < 4.78 is 1.84. The Labute approximate surface area is 175 Å². The molecule has 0 saturated heterocycles. The van der Waals surface area contributed by atoms with Gasteiger partial charge in [0.1, 0.15) is 6.07 Å². The molecule has 0 spiro atoms. The summed E-state index contributed by atoms with van der Waals surface area (Å²) in [6, 6.07) is 15.1. The summed E-state index contributed by atoms with van der Waals surface area (Å²) in [6.45, 7) is 7.87. The van der Waals surface area contributed by atoms with E-state index in [1.54, 1.807) is 12.1 Å². The first kappa shape index (κ1) is 20.6. The lowest BCUT2D eigenvalue weighted by atomic mass is 10.0. The average Bonchev–Trinajstić information content (AvgIpc) is 2.96. The smallest absolute Gasteiger partial charge is 0.251 e. The molecule has 3 aromatic rings. The second-order valence-electron chi connectivity index (χ2n) is 7.34. The fraction of sp³-hybridized carbons (Fsp3) is 0.261. The molecule has 0 aliphatic rings. The van der Waals surface area contributed by atoms with Gasteiger partial charge in [0.05, 0.1) is 22.0 Å². The zero-order valence-corrected chi connectivity index (χ0v) is 17.7. The van der Waals surface area contributed by atoms with Crippen LogP contribution in [0.5, 0.6) is 0 Å². The van der Waals surface area contributed by atoms with Gasteiger partial charge in [0.25, 0.3) is 5.91 Å². The number of carbonyl (C=O) groups excluding carboxylic acids is 1. The van der Waals surface area contributed by atoms with E-state index in [-0.39, 0.29) is 11.9 Å². The molecule has 0 unspecified atom stereocenters. The van der Waals surface area contributed by atoms with Gasteiger partial charge < -0.3 is 5.32 Å². The molecule has 3 rings (SSSR count). The van der Waals surface area contributed by atoms with E-state index in [4.69, 9.17) is 16.9 Å². The predicted octanol–water partition coefficient (Wildman–Crippen LogP) is 4.74. The fourth-order valence-electron chi connectivity index (χ4n) is 3.28. The molecule has 29 heavy (non-hydrogen) atoms. The minimum atomic E-state index is -0.0711. The molecule has 6 heteroatoms. The van der Waals surface area contributed by atoms with Crippen molar-refractivity contribution >= 4 is 17.5 Å². The number of nitriles is 1. The Kier molecular flexibility index (Phi) is 6.05. The summed E-state index contributed by atoms with van der Waals surface area (Å²) >= 11 is 6.19. The summed E-state index contributed by atoms with van der Waals surface area (Å²) in [5.41, 5.74) is 5.97. The number of aromatic nitrogens is 2. The first-order chi connectivity index (χ1) is 13.8. The number of benzene rings is 2. The van der Waals surface area contributed by atoms with Gasteiger partial charge in [0, 0.05) is 29.3 Å². The monoisotopic (exact) mass is 406 g/mol. The van der Waals surface area contributed by atoms with Crippen LogP contribution in [-0.2, 0) is 6.42 Å². The maximum absolute atomic E-state index is 12.3. The third kappa shape index (κ3) is 4.49. The van der Waals surface area contributed by atoms with Crippen molar-refractivity contribution in [1.82, 2.24) is 15.1 Å². The third-order valence-corrected chi connectivity index (χ3v) is 5.06. The van der Waals surface area contributed by atoms with Crippen molar-refractivity contribution in [1.29, 1.82) is 5.26 Å². The Hall–Kier alpha value is -3.10. The first-order valence-electron chi connectivity index (χ1n) is 9.45. The zero-order valence-electron chi connectivity index (χ0n) is 17.0. The summed E-state index contributed by atoms with van der Waals surface area (Å²) in [5.74, 6) is -0.0711. The number of rotatable bonds is 5. The maximum atomic E-state index is 12.3. The van der Waals surface area contributed by atoms with Crippen LogP contribution in [0.25, 0.3) is 5.69 Å². The highest BCUT2D eigenvalue weighted by Crippen LogP contribution is 2.24. The summed E-state index contributed by atoms with van der Waals surface area (Å²) in [4.78, 5) is 12.3. The van der Waals surface area contributed by atoms with E-state index in [1.165, 1.54) is 0 Å². The topological polar surface area (TPSA) is 70.7 Å². The van der Waals surface area contributed by atoms with Crippen molar-refractivity contribution in [3.8, 4) is 11.8 Å². The lowest BCUT2D eigenvalue weighted by molar-refractivity contribution is 0.0943. The van der Waals surface area contributed by atoms with Gasteiger partial charge >= 0.3 is 0 Å². The SMILES string of the molecule is Cc1nn(-c2ccc(C#N)c(Cl)c2)c(C)c1Cc1cccc(C(=O)NC(C)C)c1. The van der Waals surface area contributed by atoms with Crippen molar-refractivity contribution in [2.45, 2.75) is 40.2 Å². The second-order valence-corrected chi connectivity index (χ2v) is 7.75. The van der Waals surface area contributed by atoms with Crippen LogP contribution in [0.3, 0.4) is 0 Å². The van der Waals surface area contributed by atoms with Crippen LogP contribution in [-0.4, -0.2) is 21.7 Å². The number of nitrogens with zero attached hydrogens (tertiary/aromatic N) is 3. The van der Waals surface area contributed by atoms with E-state index in [9.17, 15) is 4.79 Å². The Bertz CT molecular complexity index is 1110. The minimum absolute atomic E-state index is 0.0711. The van der Waals surface area contributed by atoms with Gasteiger partial charge in [-0.2, -0.15) is 10.4 Å².